The SMILES string of the molecule is COc1cc(C(=O)C2CN=C(c3ccncc3)N2)cc(OC)c1OC. The van der Waals surface area contributed by atoms with Crippen LogP contribution in [0.5, 0.6) is 17.2 Å². The molecule has 1 aromatic heterocycles. The van der Waals surface area contributed by atoms with Gasteiger partial charge in [0.05, 0.1) is 27.9 Å². The molecule has 0 bridgehead atoms. The van der Waals surface area contributed by atoms with Gasteiger partial charge in [-0.2, -0.15) is 0 Å². The van der Waals surface area contributed by atoms with Crippen LogP contribution in [0.3, 0.4) is 0 Å². The fourth-order valence-electron chi connectivity index (χ4n) is 2.70. The molecule has 7 nitrogen and oxygen atoms in total. The molecule has 130 valence electrons. The van der Waals surface area contributed by atoms with Crippen LogP contribution in [0.1, 0.15) is 15.9 Å². The number of ether oxygens (including phenoxy) is 3. The van der Waals surface area contributed by atoms with E-state index in [0.29, 0.717) is 35.2 Å². The highest BCUT2D eigenvalue weighted by atomic mass is 16.5. The number of pyridine rings is 1. The summed E-state index contributed by atoms with van der Waals surface area (Å²) in [5.74, 6) is 1.94. The van der Waals surface area contributed by atoms with Crippen LogP contribution in [0.2, 0.25) is 0 Å². The number of carbonyl (C=O) groups excluding carboxylic acids is 1. The maximum Gasteiger partial charge on any atom is 0.203 e. The second kappa shape index (κ2) is 7.21. The number of ketones is 1. The number of nitrogens with one attached hydrogen (secondary N) is 1. The number of methoxy groups -OCH3 is 3. The van der Waals surface area contributed by atoms with E-state index in [1.165, 1.54) is 21.3 Å². The lowest BCUT2D eigenvalue weighted by Gasteiger charge is -2.16. The average molecular weight is 341 g/mol. The Morgan fingerprint density at radius 2 is 1.72 bits per heavy atom. The van der Waals surface area contributed by atoms with Gasteiger partial charge in [0.1, 0.15) is 11.9 Å². The number of hydrogen-bond donors (Lipinski definition) is 1. The van der Waals surface area contributed by atoms with Gasteiger partial charge >= 0.3 is 0 Å². The Morgan fingerprint density at radius 3 is 2.28 bits per heavy atom. The minimum Gasteiger partial charge on any atom is -0.493 e. The monoisotopic (exact) mass is 341 g/mol. The zero-order valence-electron chi connectivity index (χ0n) is 14.3. The molecule has 1 unspecified atom stereocenters. The Kier molecular flexibility index (Phi) is 4.83. The molecule has 1 N–H and O–H groups in total. The third-order valence-electron chi connectivity index (χ3n) is 3.96. The molecule has 1 aliphatic heterocycles. The fraction of sp³-hybridized carbons (Fsp3) is 0.278. The Hall–Kier alpha value is -3.09. The first-order valence-electron chi connectivity index (χ1n) is 7.73. The number of carbonyl (C=O) groups is 1. The first-order valence-corrected chi connectivity index (χ1v) is 7.73. The lowest BCUT2D eigenvalue weighted by molar-refractivity contribution is 0.0959. The number of benzene rings is 1. The van der Waals surface area contributed by atoms with Gasteiger partial charge in [0, 0.05) is 23.5 Å². The van der Waals surface area contributed by atoms with Crippen LogP contribution >= 0.6 is 0 Å². The van der Waals surface area contributed by atoms with E-state index in [4.69, 9.17) is 14.2 Å². The summed E-state index contributed by atoms with van der Waals surface area (Å²) in [6.45, 7) is 0.368. The van der Waals surface area contributed by atoms with Crippen molar-refractivity contribution in [3.05, 3.63) is 47.8 Å². The van der Waals surface area contributed by atoms with Gasteiger partial charge in [-0.3, -0.25) is 14.8 Å². The van der Waals surface area contributed by atoms with Crippen molar-refractivity contribution in [1.82, 2.24) is 10.3 Å². The summed E-state index contributed by atoms with van der Waals surface area (Å²) in [4.78, 5) is 21.3. The smallest absolute Gasteiger partial charge is 0.203 e. The summed E-state index contributed by atoms with van der Waals surface area (Å²) in [5.41, 5.74) is 1.37. The van der Waals surface area contributed by atoms with E-state index in [9.17, 15) is 4.79 Å². The maximum absolute atomic E-state index is 12.9. The van der Waals surface area contributed by atoms with Crippen molar-refractivity contribution in [3.8, 4) is 17.2 Å². The Bertz CT molecular complexity index is 780. The molecule has 0 fully saturated rings. The number of rotatable bonds is 6. The molecule has 0 amide bonds. The second-order valence-corrected chi connectivity index (χ2v) is 5.40. The number of aliphatic imine (C=N–C) groups is 1. The number of nitrogens with zero attached hydrogens (tertiary/aromatic N) is 2. The highest BCUT2D eigenvalue weighted by Crippen LogP contribution is 2.38. The third-order valence-corrected chi connectivity index (χ3v) is 3.96. The minimum absolute atomic E-state index is 0.0907. The summed E-state index contributed by atoms with van der Waals surface area (Å²) >= 11 is 0. The van der Waals surface area contributed by atoms with E-state index in [2.05, 4.69) is 15.3 Å². The van der Waals surface area contributed by atoms with E-state index in [1.807, 2.05) is 12.1 Å². The van der Waals surface area contributed by atoms with Gasteiger partial charge in [-0.15, -0.1) is 0 Å². The highest BCUT2D eigenvalue weighted by molar-refractivity contribution is 6.08. The van der Waals surface area contributed by atoms with Crippen LogP contribution < -0.4 is 19.5 Å². The molecule has 0 saturated heterocycles. The molecule has 0 aliphatic carbocycles. The quantitative estimate of drug-likeness (QED) is 0.806. The predicted molar refractivity (Wildman–Crippen MR) is 93.0 cm³/mol. The average Bonchev–Trinajstić information content (AvgIpc) is 3.17. The number of aromatic nitrogens is 1. The summed E-state index contributed by atoms with van der Waals surface area (Å²) in [7, 11) is 4.56. The zero-order chi connectivity index (χ0) is 17.8. The molecule has 3 rings (SSSR count). The van der Waals surface area contributed by atoms with E-state index in [-0.39, 0.29) is 5.78 Å². The molecule has 1 aliphatic rings. The van der Waals surface area contributed by atoms with Crippen LogP contribution in [-0.2, 0) is 0 Å². The molecule has 1 aromatic carbocycles. The lowest BCUT2D eigenvalue weighted by atomic mass is 10.0. The number of Topliss-reactive ketones (excluding diaryl/α,β-unsaturated/α-hetero) is 1. The molecular weight excluding hydrogens is 322 g/mol. The minimum atomic E-state index is -0.439. The first kappa shape index (κ1) is 16.8. The van der Waals surface area contributed by atoms with Crippen molar-refractivity contribution in [3.63, 3.8) is 0 Å². The molecular formula is C18H19N3O4. The van der Waals surface area contributed by atoms with E-state index in [0.717, 1.165) is 5.56 Å². The normalized spacial score (nSPS) is 16.0. The largest absolute Gasteiger partial charge is 0.493 e. The second-order valence-electron chi connectivity index (χ2n) is 5.40. The van der Waals surface area contributed by atoms with Crippen LogP contribution in [0.15, 0.2) is 41.7 Å². The zero-order valence-corrected chi connectivity index (χ0v) is 14.3. The van der Waals surface area contributed by atoms with Gasteiger partial charge in [-0.05, 0) is 24.3 Å². The van der Waals surface area contributed by atoms with Gasteiger partial charge in [0.25, 0.3) is 0 Å². The molecule has 2 heterocycles. The Balaban J connectivity index is 1.83. The fourth-order valence-corrected chi connectivity index (χ4v) is 2.70. The summed E-state index contributed by atoms with van der Waals surface area (Å²) in [6.07, 6.45) is 3.38. The van der Waals surface area contributed by atoms with Crippen molar-refractivity contribution in [2.75, 3.05) is 27.9 Å². The van der Waals surface area contributed by atoms with Crippen molar-refractivity contribution < 1.29 is 19.0 Å². The van der Waals surface area contributed by atoms with Gasteiger partial charge < -0.3 is 19.5 Å². The van der Waals surface area contributed by atoms with Gasteiger partial charge in [-0.25, -0.2) is 0 Å². The van der Waals surface area contributed by atoms with E-state index >= 15 is 0 Å². The van der Waals surface area contributed by atoms with Gasteiger partial charge in [-0.1, -0.05) is 0 Å². The summed E-state index contributed by atoms with van der Waals surface area (Å²) in [6, 6.07) is 6.55. The summed E-state index contributed by atoms with van der Waals surface area (Å²) < 4.78 is 15.9. The molecule has 25 heavy (non-hydrogen) atoms. The number of hydrogen-bond acceptors (Lipinski definition) is 7. The molecule has 0 radical (unpaired) electrons. The lowest BCUT2D eigenvalue weighted by Crippen LogP contribution is -2.37. The Morgan fingerprint density at radius 1 is 1.08 bits per heavy atom. The van der Waals surface area contributed by atoms with Crippen molar-refractivity contribution in [2.24, 2.45) is 4.99 Å². The van der Waals surface area contributed by atoms with Crippen molar-refractivity contribution >= 4 is 11.6 Å². The maximum atomic E-state index is 12.9. The molecule has 1 atom stereocenters. The van der Waals surface area contributed by atoms with Crippen LogP contribution in [-0.4, -0.2) is 50.5 Å². The number of amidine groups is 1. The molecule has 0 spiro atoms. The molecule has 0 saturated carbocycles. The van der Waals surface area contributed by atoms with Crippen LogP contribution in [0.4, 0.5) is 0 Å². The topological polar surface area (TPSA) is 82.0 Å². The van der Waals surface area contributed by atoms with Crippen LogP contribution in [0.25, 0.3) is 0 Å². The Labute approximate surface area is 145 Å². The molecule has 2 aromatic rings. The standard InChI is InChI=1S/C18H19N3O4/c1-23-14-8-12(9-15(24-2)17(14)25-3)16(22)13-10-20-18(21-13)11-4-6-19-7-5-11/h4-9,13H,10H2,1-3H3,(H,20,21). The van der Waals surface area contributed by atoms with Crippen molar-refractivity contribution in [1.29, 1.82) is 0 Å². The molecule has 7 heteroatoms. The van der Waals surface area contributed by atoms with Crippen molar-refractivity contribution in [2.45, 2.75) is 6.04 Å². The first-order chi connectivity index (χ1) is 12.2. The predicted octanol–water partition coefficient (Wildman–Crippen LogP) is 1.71. The van der Waals surface area contributed by atoms with Gasteiger partial charge in [0.2, 0.25) is 5.75 Å². The third kappa shape index (κ3) is 3.26. The highest BCUT2D eigenvalue weighted by Gasteiger charge is 2.28. The van der Waals surface area contributed by atoms with E-state index < -0.39 is 6.04 Å². The summed E-state index contributed by atoms with van der Waals surface area (Å²) in [5, 5.41) is 3.17. The van der Waals surface area contributed by atoms with Gasteiger partial charge in [0.15, 0.2) is 17.3 Å². The van der Waals surface area contributed by atoms with E-state index in [1.54, 1.807) is 24.5 Å². The van der Waals surface area contributed by atoms with Crippen LogP contribution in [0, 0.1) is 0 Å².